The summed E-state index contributed by atoms with van der Waals surface area (Å²) in [5, 5.41) is 9.14. The second-order valence-electron chi connectivity index (χ2n) is 4.75. The topological polar surface area (TPSA) is 90.1 Å². The van der Waals surface area contributed by atoms with Gasteiger partial charge < -0.3 is 5.10 Å². The first-order valence-corrected chi connectivity index (χ1v) is 8.04. The number of hydrogen-bond acceptors (Lipinski definition) is 4. The van der Waals surface area contributed by atoms with Gasteiger partial charge in [0.25, 0.3) is 5.56 Å². The van der Waals surface area contributed by atoms with Gasteiger partial charge in [-0.1, -0.05) is 12.1 Å². The fourth-order valence-corrected chi connectivity index (χ4v) is 2.34. The van der Waals surface area contributed by atoms with Gasteiger partial charge in [0.05, 0.1) is 6.21 Å². The molecule has 0 aliphatic carbocycles. The molecule has 2 aromatic rings. The Bertz CT molecular complexity index is 716. The highest BCUT2D eigenvalue weighted by Gasteiger charge is 2.08. The third-order valence-corrected chi connectivity index (χ3v) is 3.95. The zero-order valence-electron chi connectivity index (χ0n) is 12.5. The first kappa shape index (κ1) is 16.1. The summed E-state index contributed by atoms with van der Waals surface area (Å²) in [5.41, 5.74) is 4.56. The lowest BCUT2D eigenvalue weighted by Crippen LogP contribution is -2.19. The van der Waals surface area contributed by atoms with Gasteiger partial charge in [-0.25, -0.2) is 5.43 Å². The number of carbonyl (C=O) groups excluding carboxylic acids is 1. The van der Waals surface area contributed by atoms with Gasteiger partial charge in [0, 0.05) is 22.6 Å². The molecule has 3 N–H and O–H groups in total. The normalized spacial score (nSPS) is 11.0. The number of hydrazone groups is 1. The van der Waals surface area contributed by atoms with Gasteiger partial charge >= 0.3 is 0 Å². The molecule has 116 valence electrons. The van der Waals surface area contributed by atoms with Crippen LogP contribution in [0.15, 0.2) is 39.1 Å². The summed E-state index contributed by atoms with van der Waals surface area (Å²) in [6.07, 6.45) is 4.20. The Balaban J connectivity index is 1.82. The zero-order valence-corrected chi connectivity index (χ0v) is 13.3. The van der Waals surface area contributed by atoms with E-state index >= 15 is 0 Å². The van der Waals surface area contributed by atoms with Gasteiger partial charge in [0.2, 0.25) is 5.91 Å². The third kappa shape index (κ3) is 4.36. The first-order valence-electron chi connectivity index (χ1n) is 6.82. The Kier molecular flexibility index (Phi) is 5.60. The summed E-state index contributed by atoms with van der Waals surface area (Å²) in [6.45, 7) is 1.79. The molecule has 22 heavy (non-hydrogen) atoms. The number of H-pyrrole nitrogens is 2. The van der Waals surface area contributed by atoms with Crippen molar-refractivity contribution in [2.45, 2.75) is 24.7 Å². The summed E-state index contributed by atoms with van der Waals surface area (Å²) in [4.78, 5) is 24.3. The second kappa shape index (κ2) is 7.65. The molecule has 0 aliphatic rings. The standard InChI is InChI=1S/C15H18N4O2S/c1-10-13(15(21)19-17-10)7-8-14(20)18-16-9-11-3-5-12(22-2)6-4-11/h3-6,9H,7-8H2,1-2H3,(H,18,20)(H2,17,19,21)/b16-9-. The van der Waals surface area contributed by atoms with Gasteiger partial charge in [-0.2, -0.15) is 5.10 Å². The van der Waals surface area contributed by atoms with E-state index in [1.54, 1.807) is 24.9 Å². The number of thioether (sulfide) groups is 1. The van der Waals surface area contributed by atoms with Crippen LogP contribution in [0.2, 0.25) is 0 Å². The van der Waals surface area contributed by atoms with Crippen LogP contribution in [0.5, 0.6) is 0 Å². The van der Waals surface area contributed by atoms with Gasteiger partial charge in [0.1, 0.15) is 0 Å². The number of amides is 1. The Hall–Kier alpha value is -2.28. The molecule has 1 aromatic carbocycles. The van der Waals surface area contributed by atoms with E-state index < -0.39 is 0 Å². The Labute approximate surface area is 132 Å². The minimum atomic E-state index is -0.225. The van der Waals surface area contributed by atoms with E-state index in [9.17, 15) is 9.59 Å². The summed E-state index contributed by atoms with van der Waals surface area (Å²) < 4.78 is 0. The van der Waals surface area contributed by atoms with Crippen molar-refractivity contribution >= 4 is 23.9 Å². The highest BCUT2D eigenvalue weighted by molar-refractivity contribution is 7.98. The third-order valence-electron chi connectivity index (χ3n) is 3.21. The van der Waals surface area contributed by atoms with E-state index in [1.165, 1.54) is 4.90 Å². The van der Waals surface area contributed by atoms with Crippen molar-refractivity contribution in [3.05, 3.63) is 51.4 Å². The molecule has 0 radical (unpaired) electrons. The summed E-state index contributed by atoms with van der Waals surface area (Å²) in [5.74, 6) is -0.225. The van der Waals surface area contributed by atoms with Crippen molar-refractivity contribution in [1.82, 2.24) is 15.6 Å². The van der Waals surface area contributed by atoms with Crippen LogP contribution in [0.1, 0.15) is 23.2 Å². The number of nitrogens with one attached hydrogen (secondary N) is 3. The van der Waals surface area contributed by atoms with Crippen molar-refractivity contribution < 1.29 is 4.79 Å². The van der Waals surface area contributed by atoms with Crippen molar-refractivity contribution in [2.75, 3.05) is 6.26 Å². The molecule has 0 aliphatic heterocycles. The smallest absolute Gasteiger partial charge is 0.267 e. The first-order chi connectivity index (χ1) is 10.6. The zero-order chi connectivity index (χ0) is 15.9. The Morgan fingerprint density at radius 2 is 2.05 bits per heavy atom. The number of carbonyl (C=O) groups is 1. The maximum absolute atomic E-state index is 11.7. The van der Waals surface area contributed by atoms with E-state index in [1.807, 2.05) is 30.5 Å². The van der Waals surface area contributed by atoms with Crippen LogP contribution in [0.4, 0.5) is 0 Å². The molecule has 0 atom stereocenters. The van der Waals surface area contributed by atoms with E-state index in [0.29, 0.717) is 12.0 Å². The number of aromatic amines is 2. The van der Waals surface area contributed by atoms with Gasteiger partial charge in [-0.15, -0.1) is 11.8 Å². The fourth-order valence-electron chi connectivity index (χ4n) is 1.94. The molecule has 0 bridgehead atoms. The predicted molar refractivity (Wildman–Crippen MR) is 88.4 cm³/mol. The minimum Gasteiger partial charge on any atom is -0.302 e. The average Bonchev–Trinajstić information content (AvgIpc) is 2.84. The SMILES string of the molecule is CSc1ccc(/C=N\NC(=O)CCc2c(C)[nH][nH]c2=O)cc1. The maximum atomic E-state index is 11.7. The summed E-state index contributed by atoms with van der Waals surface area (Å²) in [6, 6.07) is 7.86. The molecule has 2 rings (SSSR count). The van der Waals surface area contributed by atoms with Crippen molar-refractivity contribution in [2.24, 2.45) is 5.10 Å². The Morgan fingerprint density at radius 1 is 1.32 bits per heavy atom. The number of aromatic nitrogens is 2. The van der Waals surface area contributed by atoms with Gasteiger partial charge in [0.15, 0.2) is 0 Å². The Morgan fingerprint density at radius 3 is 2.64 bits per heavy atom. The van der Waals surface area contributed by atoms with Crippen molar-refractivity contribution in [3.63, 3.8) is 0 Å². The van der Waals surface area contributed by atoms with Crippen LogP contribution in [0.25, 0.3) is 0 Å². The lowest BCUT2D eigenvalue weighted by molar-refractivity contribution is -0.121. The summed E-state index contributed by atoms with van der Waals surface area (Å²) >= 11 is 1.67. The molecule has 0 saturated carbocycles. The van der Waals surface area contributed by atoms with Crippen LogP contribution < -0.4 is 11.0 Å². The predicted octanol–water partition coefficient (Wildman–Crippen LogP) is 1.82. The molecule has 0 unspecified atom stereocenters. The molecule has 1 heterocycles. The van der Waals surface area contributed by atoms with Crippen LogP contribution in [0.3, 0.4) is 0 Å². The number of aryl methyl sites for hydroxylation is 1. The molecule has 7 heteroatoms. The molecule has 0 fully saturated rings. The molecule has 1 amide bonds. The minimum absolute atomic E-state index is 0.178. The summed E-state index contributed by atoms with van der Waals surface area (Å²) in [7, 11) is 0. The number of rotatable bonds is 6. The van der Waals surface area contributed by atoms with E-state index in [0.717, 1.165) is 11.3 Å². The molecule has 6 nitrogen and oxygen atoms in total. The second-order valence-corrected chi connectivity index (χ2v) is 5.63. The number of hydrogen-bond donors (Lipinski definition) is 3. The molecule has 0 saturated heterocycles. The lowest BCUT2D eigenvalue weighted by atomic mass is 10.1. The maximum Gasteiger partial charge on any atom is 0.267 e. The van der Waals surface area contributed by atoms with Crippen molar-refractivity contribution in [3.8, 4) is 0 Å². The van der Waals surface area contributed by atoms with Gasteiger partial charge in [-0.3, -0.25) is 14.7 Å². The average molecular weight is 318 g/mol. The monoisotopic (exact) mass is 318 g/mol. The quantitative estimate of drug-likeness (QED) is 0.431. The van der Waals surface area contributed by atoms with E-state index in [4.69, 9.17) is 0 Å². The highest BCUT2D eigenvalue weighted by Crippen LogP contribution is 2.13. The molecular formula is C15H18N4O2S. The molecule has 1 aromatic heterocycles. The van der Waals surface area contributed by atoms with Crippen LogP contribution in [-0.4, -0.2) is 28.6 Å². The number of nitrogens with zero attached hydrogens (tertiary/aromatic N) is 1. The van der Waals surface area contributed by atoms with Crippen molar-refractivity contribution in [1.29, 1.82) is 0 Å². The largest absolute Gasteiger partial charge is 0.302 e. The van der Waals surface area contributed by atoms with Gasteiger partial charge in [-0.05, 0) is 37.3 Å². The lowest BCUT2D eigenvalue weighted by Gasteiger charge is -2.00. The van der Waals surface area contributed by atoms with Crippen LogP contribution in [-0.2, 0) is 11.2 Å². The molecule has 0 spiro atoms. The van der Waals surface area contributed by atoms with E-state index in [-0.39, 0.29) is 17.9 Å². The van der Waals surface area contributed by atoms with Crippen LogP contribution in [0, 0.1) is 6.92 Å². The highest BCUT2D eigenvalue weighted by atomic mass is 32.2. The van der Waals surface area contributed by atoms with Crippen LogP contribution >= 0.6 is 11.8 Å². The number of benzene rings is 1. The van der Waals surface area contributed by atoms with E-state index in [2.05, 4.69) is 20.7 Å². The fraction of sp³-hybridized carbons (Fsp3) is 0.267. The molecular weight excluding hydrogens is 300 g/mol.